The Morgan fingerprint density at radius 1 is 1.16 bits per heavy atom. The van der Waals surface area contributed by atoms with E-state index in [4.69, 9.17) is 32.7 Å². The van der Waals surface area contributed by atoms with Gasteiger partial charge in [0.25, 0.3) is 0 Å². The molecule has 0 radical (unpaired) electrons. The van der Waals surface area contributed by atoms with E-state index in [9.17, 15) is 0 Å². The Kier molecular flexibility index (Phi) is 4.88. The van der Waals surface area contributed by atoms with Gasteiger partial charge in [-0.25, -0.2) is 4.98 Å². The lowest BCUT2D eigenvalue weighted by atomic mass is 10.2. The highest BCUT2D eigenvalue weighted by Crippen LogP contribution is 2.30. The summed E-state index contributed by atoms with van der Waals surface area (Å²) >= 11 is 12.0. The third-order valence-corrected chi connectivity index (χ3v) is 3.13. The normalized spacial score (nSPS) is 10.3. The topological polar surface area (TPSA) is 31.4 Å². The first-order valence-electron chi connectivity index (χ1n) is 5.70. The molecule has 3 nitrogen and oxygen atoms in total. The highest BCUT2D eigenvalue weighted by molar-refractivity contribution is 6.32. The maximum absolute atomic E-state index is 6.10. The molecule has 1 heterocycles. The molecule has 19 heavy (non-hydrogen) atoms. The van der Waals surface area contributed by atoms with E-state index in [-0.39, 0.29) is 0 Å². The van der Waals surface area contributed by atoms with Crippen molar-refractivity contribution in [1.82, 2.24) is 4.98 Å². The van der Waals surface area contributed by atoms with Gasteiger partial charge in [0.2, 0.25) is 5.88 Å². The lowest BCUT2D eigenvalue weighted by molar-refractivity contribution is 0.296. The van der Waals surface area contributed by atoms with Crippen LogP contribution in [0.2, 0.25) is 5.02 Å². The van der Waals surface area contributed by atoms with Crippen LogP contribution < -0.4 is 9.47 Å². The summed E-state index contributed by atoms with van der Waals surface area (Å²) in [5, 5.41) is 0.543. The number of hydrogen-bond donors (Lipinski definition) is 0. The van der Waals surface area contributed by atoms with Crippen LogP contribution in [0.4, 0.5) is 0 Å². The number of aromatic nitrogens is 1. The van der Waals surface area contributed by atoms with Gasteiger partial charge in [-0.1, -0.05) is 29.8 Å². The SMILES string of the molecule is COc1cccc(COc2c(Cl)cccc2CCl)n1. The second-order valence-electron chi connectivity index (χ2n) is 3.82. The van der Waals surface area contributed by atoms with Crippen LogP contribution in [0.15, 0.2) is 36.4 Å². The molecule has 2 rings (SSSR count). The number of benzene rings is 1. The van der Waals surface area contributed by atoms with Crippen LogP contribution in [0.25, 0.3) is 0 Å². The third-order valence-electron chi connectivity index (χ3n) is 2.55. The number of hydrogen-bond acceptors (Lipinski definition) is 3. The number of methoxy groups -OCH3 is 1. The molecule has 0 amide bonds. The van der Waals surface area contributed by atoms with Gasteiger partial charge in [0.1, 0.15) is 12.4 Å². The van der Waals surface area contributed by atoms with Crippen LogP contribution in [0, 0.1) is 0 Å². The quantitative estimate of drug-likeness (QED) is 0.780. The van der Waals surface area contributed by atoms with E-state index in [0.717, 1.165) is 11.3 Å². The maximum Gasteiger partial charge on any atom is 0.213 e. The first-order chi connectivity index (χ1) is 9.24. The van der Waals surface area contributed by atoms with Crippen molar-refractivity contribution >= 4 is 23.2 Å². The standard InChI is InChI=1S/C14H13Cl2NO2/c1-18-13-7-3-5-11(17-13)9-19-14-10(8-15)4-2-6-12(14)16/h2-7H,8-9H2,1H3. The largest absolute Gasteiger partial charge is 0.485 e. The second-order valence-corrected chi connectivity index (χ2v) is 4.50. The molecule has 2 aromatic rings. The third kappa shape index (κ3) is 3.52. The summed E-state index contributed by atoms with van der Waals surface area (Å²) in [4.78, 5) is 4.27. The highest BCUT2D eigenvalue weighted by atomic mass is 35.5. The Morgan fingerprint density at radius 3 is 2.68 bits per heavy atom. The number of pyridine rings is 1. The molecular weight excluding hydrogens is 285 g/mol. The molecule has 0 atom stereocenters. The van der Waals surface area contributed by atoms with Crippen LogP contribution in [0.3, 0.4) is 0 Å². The molecule has 0 aliphatic rings. The molecule has 0 aliphatic carbocycles. The predicted molar refractivity (Wildman–Crippen MR) is 76.1 cm³/mol. The predicted octanol–water partition coefficient (Wildman–Crippen LogP) is 4.06. The summed E-state index contributed by atoms with van der Waals surface area (Å²) in [7, 11) is 1.58. The molecule has 0 N–H and O–H groups in total. The fourth-order valence-electron chi connectivity index (χ4n) is 1.62. The average molecular weight is 298 g/mol. The monoisotopic (exact) mass is 297 g/mol. The molecule has 0 fully saturated rings. The Morgan fingerprint density at radius 2 is 1.95 bits per heavy atom. The number of nitrogens with zero attached hydrogens (tertiary/aromatic N) is 1. The van der Waals surface area contributed by atoms with Crippen LogP contribution in [-0.4, -0.2) is 12.1 Å². The van der Waals surface area contributed by atoms with Crippen LogP contribution in [-0.2, 0) is 12.5 Å². The zero-order valence-corrected chi connectivity index (χ0v) is 11.9. The van der Waals surface area contributed by atoms with Gasteiger partial charge in [0, 0.05) is 11.6 Å². The molecule has 0 saturated heterocycles. The van der Waals surface area contributed by atoms with Gasteiger partial charge in [0.05, 0.1) is 23.7 Å². The Hall–Kier alpha value is -1.45. The minimum Gasteiger partial charge on any atom is -0.485 e. The van der Waals surface area contributed by atoms with Crippen LogP contribution >= 0.6 is 23.2 Å². The smallest absolute Gasteiger partial charge is 0.213 e. The lowest BCUT2D eigenvalue weighted by Gasteiger charge is -2.11. The maximum atomic E-state index is 6.10. The molecule has 0 saturated carbocycles. The van der Waals surface area contributed by atoms with Crippen molar-refractivity contribution in [3.05, 3.63) is 52.7 Å². The van der Waals surface area contributed by atoms with Crippen molar-refractivity contribution < 1.29 is 9.47 Å². The fourth-order valence-corrected chi connectivity index (χ4v) is 2.08. The van der Waals surface area contributed by atoms with E-state index in [1.807, 2.05) is 24.3 Å². The number of halogens is 2. The molecule has 1 aromatic heterocycles. The van der Waals surface area contributed by atoms with E-state index in [1.165, 1.54) is 0 Å². The van der Waals surface area contributed by atoms with Gasteiger partial charge in [-0.05, 0) is 12.1 Å². The lowest BCUT2D eigenvalue weighted by Crippen LogP contribution is -2.01. The zero-order valence-electron chi connectivity index (χ0n) is 10.4. The summed E-state index contributed by atoms with van der Waals surface area (Å²) in [6.45, 7) is 0.310. The highest BCUT2D eigenvalue weighted by Gasteiger charge is 2.08. The van der Waals surface area contributed by atoms with Crippen molar-refractivity contribution in [2.24, 2.45) is 0 Å². The van der Waals surface area contributed by atoms with Crippen molar-refractivity contribution in [3.63, 3.8) is 0 Å². The van der Waals surface area contributed by atoms with Gasteiger partial charge in [-0.2, -0.15) is 0 Å². The summed E-state index contributed by atoms with van der Waals surface area (Å²) in [5.41, 5.74) is 1.62. The first-order valence-corrected chi connectivity index (χ1v) is 6.62. The van der Waals surface area contributed by atoms with Crippen LogP contribution in [0.1, 0.15) is 11.3 Å². The van der Waals surface area contributed by atoms with Crippen LogP contribution in [0.5, 0.6) is 11.6 Å². The van der Waals surface area contributed by atoms with E-state index < -0.39 is 0 Å². The number of alkyl halides is 1. The van der Waals surface area contributed by atoms with E-state index >= 15 is 0 Å². The minimum absolute atomic E-state index is 0.310. The van der Waals surface area contributed by atoms with Crippen molar-refractivity contribution in [2.45, 2.75) is 12.5 Å². The van der Waals surface area contributed by atoms with E-state index in [1.54, 1.807) is 19.2 Å². The fraction of sp³-hybridized carbons (Fsp3) is 0.214. The number of ether oxygens (including phenoxy) is 2. The first kappa shape index (κ1) is 14.0. The molecular formula is C14H13Cl2NO2. The summed E-state index contributed by atoms with van der Waals surface area (Å²) in [6.07, 6.45) is 0. The Bertz CT molecular complexity index is 561. The van der Waals surface area contributed by atoms with E-state index in [2.05, 4.69) is 4.98 Å². The van der Waals surface area contributed by atoms with Crippen molar-refractivity contribution in [1.29, 1.82) is 0 Å². The molecule has 5 heteroatoms. The van der Waals surface area contributed by atoms with Crippen molar-refractivity contribution in [3.8, 4) is 11.6 Å². The second kappa shape index (κ2) is 6.64. The van der Waals surface area contributed by atoms with Gasteiger partial charge >= 0.3 is 0 Å². The molecule has 0 spiro atoms. The molecule has 100 valence electrons. The molecule has 0 unspecified atom stereocenters. The summed E-state index contributed by atoms with van der Waals surface area (Å²) in [6, 6.07) is 11.0. The molecule has 0 bridgehead atoms. The van der Waals surface area contributed by atoms with Crippen molar-refractivity contribution in [2.75, 3.05) is 7.11 Å². The Labute approximate surface area is 122 Å². The van der Waals surface area contributed by atoms with Gasteiger partial charge in [-0.15, -0.1) is 11.6 Å². The van der Waals surface area contributed by atoms with E-state index in [0.29, 0.717) is 29.1 Å². The van der Waals surface area contributed by atoms with Gasteiger partial charge in [0.15, 0.2) is 0 Å². The minimum atomic E-state index is 0.310. The summed E-state index contributed by atoms with van der Waals surface area (Å²) < 4.78 is 10.8. The van der Waals surface area contributed by atoms with Gasteiger partial charge in [-0.3, -0.25) is 0 Å². The average Bonchev–Trinajstić information content (AvgIpc) is 2.46. The molecule has 1 aromatic carbocycles. The molecule has 0 aliphatic heterocycles. The number of para-hydroxylation sites is 1. The zero-order chi connectivity index (χ0) is 13.7. The summed E-state index contributed by atoms with van der Waals surface area (Å²) in [5.74, 6) is 1.50. The number of rotatable bonds is 5. The van der Waals surface area contributed by atoms with Gasteiger partial charge < -0.3 is 9.47 Å². The Balaban J connectivity index is 2.14.